The molecule has 0 bridgehead atoms. The van der Waals surface area contributed by atoms with E-state index in [2.05, 4.69) is 55.4 Å². The summed E-state index contributed by atoms with van der Waals surface area (Å²) in [6.07, 6.45) is 0. The molecule has 2 heteroatoms. The van der Waals surface area contributed by atoms with E-state index in [4.69, 9.17) is 5.32 Å². The molecule has 0 aromatic rings. The number of hydrogen-bond acceptors (Lipinski definition) is 0. The van der Waals surface area contributed by atoms with Gasteiger partial charge in [0.25, 0.3) is 0 Å². The van der Waals surface area contributed by atoms with Gasteiger partial charge in [-0.1, -0.05) is 66.7 Å². The zero-order chi connectivity index (χ0) is 10.9. The monoisotopic (exact) mass is 191 g/mol. The minimum atomic E-state index is 0. The topological polar surface area (TPSA) is 14.1 Å². The Morgan fingerprint density at radius 1 is 0.857 bits per heavy atom. The van der Waals surface area contributed by atoms with E-state index in [1.54, 1.807) is 0 Å². The molecule has 0 saturated heterocycles. The number of nitrogens with zero attached hydrogens (tertiary/aromatic N) is 1. The second-order valence-electron chi connectivity index (χ2n) is 5.78. The van der Waals surface area contributed by atoms with Gasteiger partial charge in [-0.2, -0.15) is 0 Å². The predicted octanol–water partition coefficient (Wildman–Crippen LogP) is 1.23. The van der Waals surface area contributed by atoms with E-state index < -0.39 is 0 Å². The molecule has 80 valence electrons. The first-order valence-corrected chi connectivity index (χ1v) is 5.33. The van der Waals surface area contributed by atoms with Crippen LogP contribution < -0.4 is 18.9 Å². The van der Waals surface area contributed by atoms with Gasteiger partial charge in [0.1, 0.15) is 0 Å². The van der Waals surface area contributed by atoms with E-state index in [-0.39, 0.29) is 29.8 Å². The van der Waals surface area contributed by atoms with E-state index in [0.717, 1.165) is 0 Å². The van der Waals surface area contributed by atoms with Gasteiger partial charge in [0, 0.05) is 0 Å². The molecule has 0 aromatic carbocycles. The minimum Gasteiger partial charge on any atom is -0.654 e. The third-order valence-electron chi connectivity index (χ3n) is 3.17. The van der Waals surface area contributed by atoms with Crippen LogP contribution in [0, 0.1) is 11.3 Å². The summed E-state index contributed by atoms with van der Waals surface area (Å²) in [6.45, 7) is 17.9. The van der Waals surface area contributed by atoms with Crippen LogP contribution in [0.4, 0.5) is 0 Å². The number of hydrogen-bond donors (Lipinski definition) is 0. The van der Waals surface area contributed by atoms with Crippen molar-refractivity contribution >= 4 is 0 Å². The van der Waals surface area contributed by atoms with Crippen molar-refractivity contribution < 1.29 is 18.9 Å². The molecule has 0 heterocycles. The maximum absolute atomic E-state index is 4.88. The van der Waals surface area contributed by atoms with Gasteiger partial charge in [0.2, 0.25) is 0 Å². The Balaban J connectivity index is 0. The van der Waals surface area contributed by atoms with Crippen LogP contribution in [0.15, 0.2) is 0 Å². The van der Waals surface area contributed by atoms with Crippen LogP contribution in [0.1, 0.15) is 55.4 Å². The quantitative estimate of drug-likeness (QED) is 0.596. The van der Waals surface area contributed by atoms with E-state index in [0.29, 0.717) is 12.0 Å². The number of rotatable bonds is 3. The Hall–Kier alpha value is 0.557. The molecule has 1 nitrogen and oxygen atoms in total. The van der Waals surface area contributed by atoms with Crippen LogP contribution in [0.5, 0.6) is 0 Å². The maximum atomic E-state index is 4.88. The SMILES string of the molecule is CC(C)[N-]C(C)(C(C)C)C(C)(C)C.[Li+]. The van der Waals surface area contributed by atoms with Gasteiger partial charge in [-0.15, -0.1) is 11.6 Å². The molecule has 0 spiro atoms. The van der Waals surface area contributed by atoms with Gasteiger partial charge in [-0.25, -0.2) is 0 Å². The molecule has 1 atom stereocenters. The average Bonchev–Trinajstić information content (AvgIpc) is 1.82. The third-order valence-corrected chi connectivity index (χ3v) is 3.17. The molecule has 1 unspecified atom stereocenters. The van der Waals surface area contributed by atoms with Crippen molar-refractivity contribution in [3.05, 3.63) is 5.32 Å². The van der Waals surface area contributed by atoms with Crippen LogP contribution in [-0.4, -0.2) is 11.6 Å². The van der Waals surface area contributed by atoms with Crippen LogP contribution in [0.2, 0.25) is 0 Å². The van der Waals surface area contributed by atoms with E-state index in [1.807, 2.05) is 0 Å². The molecule has 0 radical (unpaired) electrons. The zero-order valence-corrected chi connectivity index (χ0v) is 11.6. The first-order valence-electron chi connectivity index (χ1n) is 5.33. The van der Waals surface area contributed by atoms with Crippen molar-refractivity contribution in [1.82, 2.24) is 0 Å². The molecule has 0 N–H and O–H groups in total. The molecule has 0 rings (SSSR count). The summed E-state index contributed by atoms with van der Waals surface area (Å²) in [4.78, 5) is 0. The predicted molar refractivity (Wildman–Crippen MR) is 61.2 cm³/mol. The minimum absolute atomic E-state index is 0. The van der Waals surface area contributed by atoms with Crippen LogP contribution in [0.3, 0.4) is 0 Å². The van der Waals surface area contributed by atoms with Gasteiger partial charge >= 0.3 is 18.9 Å². The fourth-order valence-corrected chi connectivity index (χ4v) is 1.75. The average molecular weight is 191 g/mol. The van der Waals surface area contributed by atoms with Gasteiger partial charge in [-0.3, -0.25) is 0 Å². The van der Waals surface area contributed by atoms with Gasteiger partial charge in [-0.05, 0) is 0 Å². The standard InChI is InChI=1S/C12H26N.Li/c1-9(2)12(8,11(5,6)7)13-10(3)4;/h9-10H,1-8H3;/q-1;+1. The molecule has 0 saturated carbocycles. The van der Waals surface area contributed by atoms with Gasteiger partial charge in [0.15, 0.2) is 0 Å². The smallest absolute Gasteiger partial charge is 0.654 e. The van der Waals surface area contributed by atoms with Crippen molar-refractivity contribution in [3.8, 4) is 0 Å². The zero-order valence-electron chi connectivity index (χ0n) is 11.6. The summed E-state index contributed by atoms with van der Waals surface area (Å²) in [5, 5.41) is 4.88. The fourth-order valence-electron chi connectivity index (χ4n) is 1.75. The normalized spacial score (nSPS) is 16.7. The van der Waals surface area contributed by atoms with Crippen LogP contribution >= 0.6 is 0 Å². The molecule has 0 fully saturated rings. The van der Waals surface area contributed by atoms with E-state index in [9.17, 15) is 0 Å². The van der Waals surface area contributed by atoms with Gasteiger partial charge < -0.3 is 5.32 Å². The summed E-state index contributed by atoms with van der Waals surface area (Å²) in [5.41, 5.74) is 0.326. The summed E-state index contributed by atoms with van der Waals surface area (Å²) in [7, 11) is 0. The van der Waals surface area contributed by atoms with Crippen molar-refractivity contribution in [3.63, 3.8) is 0 Å². The molecule has 0 aliphatic carbocycles. The molecule has 0 amide bonds. The third kappa shape index (κ3) is 3.97. The molecule has 0 aromatic heterocycles. The second-order valence-corrected chi connectivity index (χ2v) is 5.78. The Morgan fingerprint density at radius 3 is 1.29 bits per heavy atom. The summed E-state index contributed by atoms with van der Waals surface area (Å²) < 4.78 is 0. The molecule has 0 aliphatic rings. The van der Waals surface area contributed by atoms with Gasteiger partial charge in [0.05, 0.1) is 0 Å². The molecular formula is C12H26LiN. The van der Waals surface area contributed by atoms with Crippen molar-refractivity contribution in [2.45, 2.75) is 67.0 Å². The summed E-state index contributed by atoms with van der Waals surface area (Å²) in [5.74, 6) is 0.592. The Kier molecular flexibility index (Phi) is 6.77. The molecule has 14 heavy (non-hydrogen) atoms. The Labute approximate surface area is 103 Å². The maximum Gasteiger partial charge on any atom is 1.00 e. The van der Waals surface area contributed by atoms with Crippen LogP contribution in [-0.2, 0) is 0 Å². The molecule has 0 aliphatic heterocycles. The summed E-state index contributed by atoms with van der Waals surface area (Å²) >= 11 is 0. The first kappa shape index (κ1) is 17.0. The van der Waals surface area contributed by atoms with Crippen LogP contribution in [0.25, 0.3) is 5.32 Å². The largest absolute Gasteiger partial charge is 1.00 e. The second kappa shape index (κ2) is 5.59. The Bertz CT molecular complexity index is 158. The Morgan fingerprint density at radius 2 is 1.21 bits per heavy atom. The van der Waals surface area contributed by atoms with Crippen molar-refractivity contribution in [1.29, 1.82) is 0 Å². The van der Waals surface area contributed by atoms with Crippen molar-refractivity contribution in [2.24, 2.45) is 11.3 Å². The summed E-state index contributed by atoms with van der Waals surface area (Å²) in [6, 6.07) is 0.423. The first-order chi connectivity index (χ1) is 5.61. The fraction of sp³-hybridized carbons (Fsp3) is 1.00. The van der Waals surface area contributed by atoms with E-state index in [1.165, 1.54) is 0 Å². The molecular weight excluding hydrogens is 165 g/mol. The van der Waals surface area contributed by atoms with Crippen molar-refractivity contribution in [2.75, 3.05) is 0 Å². The van der Waals surface area contributed by atoms with E-state index >= 15 is 0 Å².